The molecular formula is C19H23ClN2O2. The zero-order chi connectivity index (χ0) is 16.9. The van der Waals surface area contributed by atoms with Gasteiger partial charge in [0.2, 0.25) is 5.91 Å². The Morgan fingerprint density at radius 1 is 1.42 bits per heavy atom. The molecule has 5 heteroatoms. The molecule has 4 rings (SSSR count). The van der Waals surface area contributed by atoms with Crippen LogP contribution in [-0.2, 0) is 22.5 Å². The van der Waals surface area contributed by atoms with Crippen molar-refractivity contribution in [3.63, 3.8) is 0 Å². The van der Waals surface area contributed by atoms with Gasteiger partial charge in [-0.05, 0) is 44.9 Å². The van der Waals surface area contributed by atoms with Crippen molar-refractivity contribution in [2.75, 3.05) is 13.2 Å². The number of fused-ring (bicyclic) bond motifs is 3. The number of aromatic amines is 1. The first-order valence-electron chi connectivity index (χ1n) is 8.65. The smallest absolute Gasteiger partial charge is 0.226 e. The molecule has 128 valence electrons. The summed E-state index contributed by atoms with van der Waals surface area (Å²) in [6.45, 7) is 6.27. The van der Waals surface area contributed by atoms with Crippen LogP contribution in [0.3, 0.4) is 0 Å². The number of nitrogens with one attached hydrogen (secondary N) is 1. The van der Waals surface area contributed by atoms with Crippen LogP contribution in [0, 0.1) is 5.92 Å². The average molecular weight is 347 g/mol. The molecule has 24 heavy (non-hydrogen) atoms. The van der Waals surface area contributed by atoms with Crippen molar-refractivity contribution in [3.8, 4) is 0 Å². The summed E-state index contributed by atoms with van der Waals surface area (Å²) in [6, 6.07) is 5.92. The summed E-state index contributed by atoms with van der Waals surface area (Å²) >= 11 is 6.16. The lowest BCUT2D eigenvalue weighted by Gasteiger charge is -2.38. The largest absolute Gasteiger partial charge is 0.376 e. The molecular weight excluding hydrogens is 324 g/mol. The molecule has 1 aromatic heterocycles. The van der Waals surface area contributed by atoms with Gasteiger partial charge >= 0.3 is 0 Å². The summed E-state index contributed by atoms with van der Waals surface area (Å²) in [5.74, 6) is 0.345. The van der Waals surface area contributed by atoms with Crippen molar-refractivity contribution in [3.05, 3.63) is 34.5 Å². The zero-order valence-corrected chi connectivity index (χ0v) is 14.9. The lowest BCUT2D eigenvalue weighted by molar-refractivity contribution is -0.146. The molecule has 0 spiro atoms. The van der Waals surface area contributed by atoms with Crippen LogP contribution in [-0.4, -0.2) is 34.5 Å². The van der Waals surface area contributed by atoms with E-state index in [1.165, 1.54) is 11.3 Å². The SMILES string of the molecule is CC1(C)C[C@H](C(=O)N2CCc3[nH]c4ccc(Cl)cc4c3C2)CCO1. The predicted molar refractivity (Wildman–Crippen MR) is 95.2 cm³/mol. The average Bonchev–Trinajstić information content (AvgIpc) is 2.90. The van der Waals surface area contributed by atoms with E-state index in [0.717, 1.165) is 41.7 Å². The van der Waals surface area contributed by atoms with Crippen molar-refractivity contribution < 1.29 is 9.53 Å². The van der Waals surface area contributed by atoms with E-state index in [9.17, 15) is 4.79 Å². The minimum Gasteiger partial charge on any atom is -0.376 e. The van der Waals surface area contributed by atoms with Crippen LogP contribution in [0.4, 0.5) is 0 Å². The Bertz CT molecular complexity index is 796. The van der Waals surface area contributed by atoms with Crippen molar-refractivity contribution in [1.82, 2.24) is 9.88 Å². The molecule has 0 aliphatic carbocycles. The summed E-state index contributed by atoms with van der Waals surface area (Å²) < 4.78 is 5.76. The number of aromatic nitrogens is 1. The summed E-state index contributed by atoms with van der Waals surface area (Å²) in [5, 5.41) is 1.88. The summed E-state index contributed by atoms with van der Waals surface area (Å²) in [4.78, 5) is 18.5. The molecule has 1 saturated heterocycles. The van der Waals surface area contributed by atoms with Gasteiger partial charge in [0.15, 0.2) is 0 Å². The number of carbonyl (C=O) groups excluding carboxylic acids is 1. The molecule has 2 aliphatic rings. The van der Waals surface area contributed by atoms with Crippen molar-refractivity contribution in [2.45, 2.75) is 45.3 Å². The predicted octanol–water partition coefficient (Wildman–Crippen LogP) is 3.91. The number of nitrogens with zero attached hydrogens (tertiary/aromatic N) is 1. The highest BCUT2D eigenvalue weighted by Gasteiger charge is 2.36. The van der Waals surface area contributed by atoms with Crippen LogP contribution in [0.25, 0.3) is 10.9 Å². The fourth-order valence-corrected chi connectivity index (χ4v) is 4.25. The zero-order valence-electron chi connectivity index (χ0n) is 14.2. The molecule has 0 radical (unpaired) electrons. The molecule has 1 amide bonds. The first-order chi connectivity index (χ1) is 11.4. The molecule has 1 aromatic carbocycles. The van der Waals surface area contributed by atoms with E-state index in [0.29, 0.717) is 13.2 Å². The minimum atomic E-state index is -0.201. The number of ether oxygens (including phenoxy) is 1. The van der Waals surface area contributed by atoms with Gasteiger partial charge in [0.05, 0.1) is 5.60 Å². The van der Waals surface area contributed by atoms with Gasteiger partial charge in [0.1, 0.15) is 0 Å². The Hall–Kier alpha value is -1.52. The van der Waals surface area contributed by atoms with E-state index in [1.807, 2.05) is 23.1 Å². The number of H-pyrrole nitrogens is 1. The maximum absolute atomic E-state index is 13.0. The number of benzene rings is 1. The topological polar surface area (TPSA) is 45.3 Å². The second kappa shape index (κ2) is 5.78. The lowest BCUT2D eigenvalue weighted by atomic mass is 9.87. The van der Waals surface area contributed by atoms with Gasteiger partial charge in [-0.15, -0.1) is 0 Å². The quantitative estimate of drug-likeness (QED) is 0.850. The van der Waals surface area contributed by atoms with Crippen LogP contribution in [0.15, 0.2) is 18.2 Å². The van der Waals surface area contributed by atoms with E-state index >= 15 is 0 Å². The monoisotopic (exact) mass is 346 g/mol. The highest BCUT2D eigenvalue weighted by Crippen LogP contribution is 2.33. The van der Waals surface area contributed by atoms with Gasteiger partial charge < -0.3 is 14.6 Å². The number of hydrogen-bond acceptors (Lipinski definition) is 2. The van der Waals surface area contributed by atoms with Crippen LogP contribution in [0.2, 0.25) is 5.02 Å². The normalized spacial score (nSPS) is 23.3. The summed E-state index contributed by atoms with van der Waals surface area (Å²) in [6.07, 6.45) is 2.50. The first kappa shape index (κ1) is 16.0. The van der Waals surface area contributed by atoms with E-state index in [2.05, 4.69) is 18.8 Å². The molecule has 1 N–H and O–H groups in total. The number of carbonyl (C=O) groups is 1. The Labute approximate surface area is 147 Å². The van der Waals surface area contributed by atoms with Crippen LogP contribution in [0.1, 0.15) is 37.9 Å². The minimum absolute atomic E-state index is 0.0732. The van der Waals surface area contributed by atoms with Crippen LogP contribution < -0.4 is 0 Å². The highest BCUT2D eigenvalue weighted by molar-refractivity contribution is 6.31. The third-order valence-electron chi connectivity index (χ3n) is 5.30. The van der Waals surface area contributed by atoms with E-state index < -0.39 is 0 Å². The van der Waals surface area contributed by atoms with Gasteiger partial charge in [-0.2, -0.15) is 0 Å². The molecule has 2 aromatic rings. The Kier molecular flexibility index (Phi) is 3.85. The van der Waals surface area contributed by atoms with Crippen LogP contribution >= 0.6 is 11.6 Å². The summed E-state index contributed by atoms with van der Waals surface area (Å²) in [7, 11) is 0. The molecule has 1 atom stereocenters. The summed E-state index contributed by atoms with van der Waals surface area (Å²) in [5.41, 5.74) is 3.36. The standard InChI is InChI=1S/C19H23ClN2O2/c1-19(2)10-12(6-8-24-19)18(23)22-7-5-17-15(11-22)14-9-13(20)3-4-16(14)21-17/h3-4,9,12,21H,5-8,10-11H2,1-2H3/t12-/m1/s1. The molecule has 0 saturated carbocycles. The number of amides is 1. The number of rotatable bonds is 1. The van der Waals surface area contributed by atoms with Gasteiger partial charge in [-0.25, -0.2) is 0 Å². The van der Waals surface area contributed by atoms with Gasteiger partial charge in [0, 0.05) is 59.2 Å². The Morgan fingerprint density at radius 3 is 3.04 bits per heavy atom. The molecule has 1 fully saturated rings. The number of halogens is 1. The highest BCUT2D eigenvalue weighted by atomic mass is 35.5. The fourth-order valence-electron chi connectivity index (χ4n) is 4.08. The van der Waals surface area contributed by atoms with E-state index in [1.54, 1.807) is 0 Å². The van der Waals surface area contributed by atoms with Gasteiger partial charge in [-0.1, -0.05) is 11.6 Å². The van der Waals surface area contributed by atoms with E-state index in [-0.39, 0.29) is 17.4 Å². The van der Waals surface area contributed by atoms with Crippen molar-refractivity contribution >= 4 is 28.4 Å². The third kappa shape index (κ3) is 2.82. The molecule has 0 bridgehead atoms. The number of hydrogen-bond donors (Lipinski definition) is 1. The van der Waals surface area contributed by atoms with Crippen molar-refractivity contribution in [2.24, 2.45) is 5.92 Å². The molecule has 0 unspecified atom stereocenters. The second-order valence-electron chi connectivity index (χ2n) is 7.58. The Morgan fingerprint density at radius 2 is 2.25 bits per heavy atom. The van der Waals surface area contributed by atoms with E-state index in [4.69, 9.17) is 16.3 Å². The second-order valence-corrected chi connectivity index (χ2v) is 8.02. The fraction of sp³-hybridized carbons (Fsp3) is 0.526. The van der Waals surface area contributed by atoms with Gasteiger partial charge in [-0.3, -0.25) is 4.79 Å². The Balaban J connectivity index is 1.58. The molecule has 3 heterocycles. The maximum atomic E-state index is 13.0. The lowest BCUT2D eigenvalue weighted by Crippen LogP contribution is -2.45. The molecule has 2 aliphatic heterocycles. The molecule has 4 nitrogen and oxygen atoms in total. The van der Waals surface area contributed by atoms with Crippen molar-refractivity contribution in [1.29, 1.82) is 0 Å². The third-order valence-corrected chi connectivity index (χ3v) is 5.53. The first-order valence-corrected chi connectivity index (χ1v) is 9.02. The van der Waals surface area contributed by atoms with Crippen LogP contribution in [0.5, 0.6) is 0 Å². The maximum Gasteiger partial charge on any atom is 0.226 e. The van der Waals surface area contributed by atoms with Gasteiger partial charge in [0.25, 0.3) is 0 Å².